The molecule has 3 fully saturated rings. The molecular weight excluding hydrogens is 327 g/mol. The fourth-order valence-corrected chi connectivity index (χ4v) is 5.66. The molecule has 0 spiro atoms. The molecule has 0 aromatic heterocycles. The number of nitrogens with zero attached hydrogens (tertiary/aromatic N) is 2. The Morgan fingerprint density at radius 1 is 1.04 bits per heavy atom. The highest BCUT2D eigenvalue weighted by atomic mass is 19.1. The smallest absolute Gasteiger partial charge is 0.123 e. The van der Waals surface area contributed by atoms with Gasteiger partial charge in [0.2, 0.25) is 0 Å². The molecule has 3 heterocycles. The summed E-state index contributed by atoms with van der Waals surface area (Å²) in [6, 6.07) is 7.37. The molecule has 1 aromatic rings. The number of piperidine rings is 1. The van der Waals surface area contributed by atoms with Gasteiger partial charge in [0.15, 0.2) is 0 Å². The van der Waals surface area contributed by atoms with E-state index in [-0.39, 0.29) is 11.2 Å². The molecule has 144 valence electrons. The molecule has 1 N–H and O–H groups in total. The van der Waals surface area contributed by atoms with Gasteiger partial charge in [-0.25, -0.2) is 4.39 Å². The van der Waals surface area contributed by atoms with Crippen LogP contribution in [-0.4, -0.2) is 53.2 Å². The van der Waals surface area contributed by atoms with Crippen molar-refractivity contribution in [2.24, 2.45) is 5.41 Å². The van der Waals surface area contributed by atoms with Gasteiger partial charge < -0.3 is 10.0 Å². The Bertz CT molecular complexity index is 610. The third-order valence-electron chi connectivity index (χ3n) is 6.76. The van der Waals surface area contributed by atoms with E-state index in [1.54, 1.807) is 12.1 Å². The van der Waals surface area contributed by atoms with Gasteiger partial charge in [-0.05, 0) is 74.7 Å². The second-order valence-electron chi connectivity index (χ2n) is 9.65. The van der Waals surface area contributed by atoms with Crippen LogP contribution in [0.25, 0.3) is 0 Å². The van der Waals surface area contributed by atoms with Gasteiger partial charge in [0.1, 0.15) is 5.82 Å². The van der Waals surface area contributed by atoms with Gasteiger partial charge in [-0.15, -0.1) is 0 Å². The summed E-state index contributed by atoms with van der Waals surface area (Å²) in [5.74, 6) is -0.235. The van der Waals surface area contributed by atoms with Gasteiger partial charge in [0.05, 0.1) is 5.60 Å². The molecule has 26 heavy (non-hydrogen) atoms. The van der Waals surface area contributed by atoms with Crippen LogP contribution >= 0.6 is 0 Å². The molecule has 3 saturated heterocycles. The number of fused-ring (bicyclic) bond motifs is 2. The van der Waals surface area contributed by atoms with Crippen molar-refractivity contribution in [1.82, 2.24) is 9.80 Å². The van der Waals surface area contributed by atoms with Crippen molar-refractivity contribution >= 4 is 0 Å². The number of hydrogen-bond acceptors (Lipinski definition) is 3. The van der Waals surface area contributed by atoms with Crippen LogP contribution in [0, 0.1) is 11.2 Å². The normalized spacial score (nSPS) is 33.1. The van der Waals surface area contributed by atoms with Gasteiger partial charge >= 0.3 is 0 Å². The van der Waals surface area contributed by atoms with Gasteiger partial charge in [0, 0.05) is 25.2 Å². The monoisotopic (exact) mass is 360 g/mol. The first-order chi connectivity index (χ1) is 12.3. The Hall–Kier alpha value is -0.970. The number of benzene rings is 1. The molecule has 0 radical (unpaired) electrons. The van der Waals surface area contributed by atoms with Crippen LogP contribution in [0.1, 0.15) is 57.9 Å². The van der Waals surface area contributed by atoms with Crippen molar-refractivity contribution in [2.75, 3.05) is 26.2 Å². The molecular formula is C22H33FN2O. The van der Waals surface area contributed by atoms with Gasteiger partial charge in [-0.1, -0.05) is 26.0 Å². The molecule has 2 atom stereocenters. The molecule has 3 aliphatic heterocycles. The third-order valence-corrected chi connectivity index (χ3v) is 6.76. The molecule has 1 aromatic carbocycles. The zero-order valence-corrected chi connectivity index (χ0v) is 16.3. The van der Waals surface area contributed by atoms with E-state index in [0.29, 0.717) is 12.1 Å². The molecule has 4 rings (SSSR count). The lowest BCUT2D eigenvalue weighted by molar-refractivity contribution is -0.0667. The topological polar surface area (TPSA) is 26.7 Å². The van der Waals surface area contributed by atoms with Gasteiger partial charge in [0.25, 0.3) is 0 Å². The SMILES string of the molecule is CC(C)(CN1CCCC1)CN1[C@@H]2CC[C@@H]1CC(O)(c1ccc(F)cc1)C2. The van der Waals surface area contributed by atoms with Crippen LogP contribution in [0.2, 0.25) is 0 Å². The molecule has 0 unspecified atom stereocenters. The van der Waals surface area contributed by atoms with E-state index in [0.717, 1.165) is 24.9 Å². The third kappa shape index (κ3) is 3.69. The number of hydrogen-bond donors (Lipinski definition) is 1. The highest BCUT2D eigenvalue weighted by Gasteiger charge is 2.49. The summed E-state index contributed by atoms with van der Waals surface area (Å²) < 4.78 is 13.3. The Balaban J connectivity index is 1.44. The first-order valence-electron chi connectivity index (χ1n) is 10.3. The second-order valence-corrected chi connectivity index (χ2v) is 9.65. The van der Waals surface area contributed by atoms with E-state index in [1.807, 2.05) is 0 Å². The lowest BCUT2D eigenvalue weighted by Gasteiger charge is -2.47. The lowest BCUT2D eigenvalue weighted by atomic mass is 9.79. The minimum Gasteiger partial charge on any atom is -0.385 e. The highest BCUT2D eigenvalue weighted by molar-refractivity contribution is 5.25. The van der Waals surface area contributed by atoms with E-state index < -0.39 is 5.60 Å². The fourth-order valence-electron chi connectivity index (χ4n) is 5.66. The molecule has 0 saturated carbocycles. The van der Waals surface area contributed by atoms with E-state index >= 15 is 0 Å². The molecule has 3 aliphatic rings. The Morgan fingerprint density at radius 2 is 1.62 bits per heavy atom. The van der Waals surface area contributed by atoms with Crippen LogP contribution in [0.3, 0.4) is 0 Å². The predicted octanol–water partition coefficient (Wildman–Crippen LogP) is 3.76. The van der Waals surface area contributed by atoms with Crippen LogP contribution in [-0.2, 0) is 5.60 Å². The Morgan fingerprint density at radius 3 is 2.19 bits per heavy atom. The quantitative estimate of drug-likeness (QED) is 0.866. The largest absolute Gasteiger partial charge is 0.385 e. The minimum absolute atomic E-state index is 0.235. The predicted molar refractivity (Wildman–Crippen MR) is 103 cm³/mol. The molecule has 0 amide bonds. The molecule has 4 heteroatoms. The summed E-state index contributed by atoms with van der Waals surface area (Å²) in [7, 11) is 0. The average Bonchev–Trinajstić information content (AvgIpc) is 3.14. The summed E-state index contributed by atoms with van der Waals surface area (Å²) in [6.07, 6.45) is 6.58. The zero-order chi connectivity index (χ0) is 18.4. The van der Waals surface area contributed by atoms with E-state index in [2.05, 4.69) is 23.6 Å². The van der Waals surface area contributed by atoms with Crippen molar-refractivity contribution in [3.63, 3.8) is 0 Å². The number of halogens is 1. The fraction of sp³-hybridized carbons (Fsp3) is 0.727. The van der Waals surface area contributed by atoms with E-state index in [9.17, 15) is 9.50 Å². The Kier molecular flexibility index (Phi) is 4.87. The summed E-state index contributed by atoms with van der Waals surface area (Å²) in [5, 5.41) is 11.3. The van der Waals surface area contributed by atoms with Crippen molar-refractivity contribution in [3.8, 4) is 0 Å². The van der Waals surface area contributed by atoms with Crippen LogP contribution < -0.4 is 0 Å². The lowest BCUT2D eigenvalue weighted by Crippen LogP contribution is -2.53. The van der Waals surface area contributed by atoms with E-state index in [1.165, 1.54) is 57.5 Å². The summed E-state index contributed by atoms with van der Waals surface area (Å²) in [6.45, 7) is 9.57. The zero-order valence-electron chi connectivity index (χ0n) is 16.3. The number of rotatable bonds is 5. The van der Waals surface area contributed by atoms with Gasteiger partial charge in [-0.2, -0.15) is 0 Å². The highest BCUT2D eigenvalue weighted by Crippen LogP contribution is 2.46. The number of likely N-dealkylation sites (tertiary alicyclic amines) is 1. The van der Waals surface area contributed by atoms with Crippen LogP contribution in [0.5, 0.6) is 0 Å². The standard InChI is InChI=1S/C22H33FN2O/c1-21(2,15-24-11-3-4-12-24)16-25-19-9-10-20(25)14-22(26,13-19)17-5-7-18(23)8-6-17/h5-8,19-20,26H,3-4,9-16H2,1-2H3/t19-,20-/m1/s1. The summed E-state index contributed by atoms with van der Waals surface area (Å²) in [5.41, 5.74) is 0.359. The van der Waals surface area contributed by atoms with E-state index in [4.69, 9.17) is 0 Å². The molecule has 3 nitrogen and oxygen atoms in total. The minimum atomic E-state index is -0.796. The van der Waals surface area contributed by atoms with Gasteiger partial charge in [-0.3, -0.25) is 4.90 Å². The van der Waals surface area contributed by atoms with Crippen molar-refractivity contribution in [2.45, 2.75) is 70.1 Å². The molecule has 2 bridgehead atoms. The summed E-state index contributed by atoms with van der Waals surface area (Å²) >= 11 is 0. The maximum atomic E-state index is 13.3. The van der Waals surface area contributed by atoms with Crippen LogP contribution in [0.15, 0.2) is 24.3 Å². The van der Waals surface area contributed by atoms with Crippen LogP contribution in [0.4, 0.5) is 4.39 Å². The first kappa shape index (κ1) is 18.4. The van der Waals surface area contributed by atoms with Crippen molar-refractivity contribution in [3.05, 3.63) is 35.6 Å². The maximum absolute atomic E-state index is 13.3. The summed E-state index contributed by atoms with van der Waals surface area (Å²) in [4.78, 5) is 5.29. The van der Waals surface area contributed by atoms with Crippen molar-refractivity contribution in [1.29, 1.82) is 0 Å². The second kappa shape index (κ2) is 6.88. The molecule has 0 aliphatic carbocycles. The average molecular weight is 361 g/mol. The number of aliphatic hydroxyl groups is 1. The first-order valence-corrected chi connectivity index (χ1v) is 10.3. The maximum Gasteiger partial charge on any atom is 0.123 e. The Labute approximate surface area is 157 Å². The van der Waals surface area contributed by atoms with Crippen molar-refractivity contribution < 1.29 is 9.50 Å².